The minimum atomic E-state index is -0.833. The largest absolute Gasteiger partial charge is 0.502 e. The summed E-state index contributed by atoms with van der Waals surface area (Å²) in [5.74, 6) is -1.42. The van der Waals surface area contributed by atoms with Crippen molar-refractivity contribution in [1.29, 1.82) is 0 Å². The third-order valence-electron chi connectivity index (χ3n) is 2.93. The van der Waals surface area contributed by atoms with Crippen LogP contribution in [0.5, 0.6) is 11.5 Å². The number of halogens is 3. The summed E-state index contributed by atoms with van der Waals surface area (Å²) in [5, 5.41) is 46.3. The van der Waals surface area contributed by atoms with Gasteiger partial charge >= 0.3 is 11.4 Å². The molecule has 0 radical (unpaired) electrons. The minimum Gasteiger partial charge on any atom is -0.502 e. The van der Waals surface area contributed by atoms with Gasteiger partial charge in [-0.3, -0.25) is 25.0 Å². The van der Waals surface area contributed by atoms with Crippen LogP contribution < -0.4 is 0 Å². The van der Waals surface area contributed by atoms with E-state index in [0.29, 0.717) is 15.6 Å². The maximum Gasteiger partial charge on any atom is 0.314 e. The molecule has 3 N–H and O–H groups in total. The van der Waals surface area contributed by atoms with Crippen molar-refractivity contribution in [2.24, 2.45) is 0 Å². The van der Waals surface area contributed by atoms with Crippen molar-refractivity contribution in [3.8, 4) is 11.5 Å². The van der Waals surface area contributed by atoms with Crippen molar-refractivity contribution in [2.75, 3.05) is 0 Å². The molecule has 0 spiro atoms. The van der Waals surface area contributed by atoms with Crippen molar-refractivity contribution < 1.29 is 30.0 Å². The molecule has 0 unspecified atom stereocenters. The lowest BCUT2D eigenvalue weighted by Gasteiger charge is -2.00. The monoisotopic (exact) mass is 602 g/mol. The maximum atomic E-state index is 10.4. The molecule has 0 heterocycles. The number of carboxylic acids is 1. The molecule has 2 rings (SSSR count). The molecule has 0 bridgehead atoms. The van der Waals surface area contributed by atoms with Gasteiger partial charge in [0.15, 0.2) is 11.5 Å². The Labute approximate surface area is 189 Å². The number of carboxylic acid groups (broad SMARTS) is 1. The molecule has 0 saturated carbocycles. The number of aryl methyl sites for hydroxylation is 1. The van der Waals surface area contributed by atoms with Gasteiger partial charge in [0.05, 0.1) is 9.85 Å². The Morgan fingerprint density at radius 1 is 0.931 bits per heavy atom. The number of nitro benzene ring substituents is 2. The van der Waals surface area contributed by atoms with Gasteiger partial charge in [0.2, 0.25) is 0 Å². The van der Waals surface area contributed by atoms with Gasteiger partial charge in [-0.1, -0.05) is 28.1 Å². The molecule has 10 nitrogen and oxygen atoms in total. The lowest BCUT2D eigenvalue weighted by atomic mass is 10.2. The number of rotatable bonds is 2. The van der Waals surface area contributed by atoms with Crippen molar-refractivity contribution >= 4 is 61.5 Å². The summed E-state index contributed by atoms with van der Waals surface area (Å²) in [4.78, 5) is 28.5. The Morgan fingerprint density at radius 3 is 1.66 bits per heavy atom. The molecule has 0 aliphatic rings. The summed E-state index contributed by atoms with van der Waals surface area (Å²) in [6.45, 7) is 4.24. The van der Waals surface area contributed by atoms with E-state index in [1.54, 1.807) is 32.0 Å². The second-order valence-electron chi connectivity index (χ2n) is 5.02. The fraction of sp³-hybridized carbons (Fsp3) is 0.188. The summed E-state index contributed by atoms with van der Waals surface area (Å²) in [5.41, 5.74) is 0.437. The molecule has 2 aromatic carbocycles. The Bertz CT molecular complexity index is 838. The number of aliphatic carboxylic acids is 1. The summed E-state index contributed by atoms with van der Waals surface area (Å²) >= 11 is 8.63. The highest BCUT2D eigenvalue weighted by atomic mass is 80.9. The molecule has 2 aromatic rings. The molecule has 0 fully saturated rings. The van der Waals surface area contributed by atoms with Crippen molar-refractivity contribution in [3.63, 3.8) is 0 Å². The molecule has 0 saturated heterocycles. The third kappa shape index (κ3) is 10.8. The van der Waals surface area contributed by atoms with Gasteiger partial charge in [-0.05, 0) is 32.0 Å². The number of hydrogen-bond donors (Lipinski definition) is 3. The molecule has 0 aromatic heterocycles. The number of phenols is 2. The van der Waals surface area contributed by atoms with Gasteiger partial charge in [-0.25, -0.2) is 0 Å². The standard InChI is InChI=1S/C7H6BrNO3.C7H7NO3.C2H4O2.Br2/c1-4-5(8)2-3-6(10)7(4)9(11)12;1-5-3-2-4-6(9)7(5)8(10)11;1-2(3)4;1-2/h2-3,10H,1H3;2-4,9H,1H3;1H3,(H,3,4);. The second-order valence-corrected chi connectivity index (χ2v) is 5.87. The average Bonchev–Trinajstić information content (AvgIpc) is 2.60. The van der Waals surface area contributed by atoms with Crippen LogP contribution in [0, 0.1) is 34.1 Å². The van der Waals surface area contributed by atoms with Gasteiger partial charge in [0.25, 0.3) is 5.97 Å². The van der Waals surface area contributed by atoms with E-state index in [1.807, 2.05) is 0 Å². The van der Waals surface area contributed by atoms with E-state index in [0.717, 1.165) is 6.92 Å². The van der Waals surface area contributed by atoms with Crippen LogP contribution >= 0.6 is 44.2 Å². The Morgan fingerprint density at radius 2 is 1.34 bits per heavy atom. The van der Waals surface area contributed by atoms with Gasteiger partial charge < -0.3 is 15.3 Å². The number of aromatic hydroxyl groups is 2. The third-order valence-corrected chi connectivity index (χ3v) is 3.78. The smallest absolute Gasteiger partial charge is 0.314 e. The maximum absolute atomic E-state index is 10.4. The predicted octanol–water partition coefficient (Wildman–Crippen LogP) is 5.76. The quantitative estimate of drug-likeness (QED) is 0.287. The molecule has 0 aliphatic heterocycles. The second kappa shape index (κ2) is 14.7. The number of nitro groups is 2. The molecule has 29 heavy (non-hydrogen) atoms. The van der Waals surface area contributed by atoms with Gasteiger partial charge in [0.1, 0.15) is 0 Å². The summed E-state index contributed by atoms with van der Waals surface area (Å²) in [6, 6.07) is 7.30. The lowest BCUT2D eigenvalue weighted by Crippen LogP contribution is -1.92. The van der Waals surface area contributed by atoms with E-state index in [9.17, 15) is 20.2 Å². The Hall–Kier alpha value is -2.25. The van der Waals surface area contributed by atoms with Gasteiger partial charge in [-0.15, -0.1) is 0 Å². The van der Waals surface area contributed by atoms with Gasteiger partial charge in [0, 0.05) is 50.8 Å². The van der Waals surface area contributed by atoms with Gasteiger partial charge in [-0.2, -0.15) is 0 Å². The first-order valence-corrected chi connectivity index (χ1v) is 11.8. The average molecular weight is 605 g/mol. The van der Waals surface area contributed by atoms with E-state index >= 15 is 0 Å². The van der Waals surface area contributed by atoms with E-state index < -0.39 is 15.8 Å². The molecule has 13 heteroatoms. The number of benzene rings is 2. The molecular formula is C16H17Br3N2O8. The van der Waals surface area contributed by atoms with Crippen molar-refractivity contribution in [2.45, 2.75) is 20.8 Å². The van der Waals surface area contributed by atoms with Crippen LogP contribution in [-0.2, 0) is 4.79 Å². The highest BCUT2D eigenvalue weighted by Crippen LogP contribution is 2.33. The number of hydrogen-bond acceptors (Lipinski definition) is 7. The molecule has 0 aliphatic carbocycles. The van der Waals surface area contributed by atoms with Crippen LogP contribution in [0.3, 0.4) is 0 Å². The van der Waals surface area contributed by atoms with E-state index in [2.05, 4.69) is 44.2 Å². The first-order chi connectivity index (χ1) is 13.4. The highest BCUT2D eigenvalue weighted by molar-refractivity contribution is 9.93. The zero-order valence-electron chi connectivity index (χ0n) is 15.3. The summed E-state index contributed by atoms with van der Waals surface area (Å²) in [7, 11) is 0. The van der Waals surface area contributed by atoms with Crippen molar-refractivity contribution in [3.05, 3.63) is 66.2 Å². The topological polar surface area (TPSA) is 164 Å². The van der Waals surface area contributed by atoms with Crippen LogP contribution in [0.15, 0.2) is 34.8 Å². The van der Waals surface area contributed by atoms with Crippen molar-refractivity contribution in [1.82, 2.24) is 0 Å². The first kappa shape index (κ1) is 29.0. The predicted molar refractivity (Wildman–Crippen MR) is 118 cm³/mol. The molecule has 0 amide bonds. The SMILES string of the molecule is BrBr.CC(=O)O.Cc1c(Br)ccc(O)c1[N+](=O)[O-].Cc1cccc(O)c1[N+](=O)[O-]. The summed E-state index contributed by atoms with van der Waals surface area (Å²) < 4.78 is 0.618. The first-order valence-electron chi connectivity index (χ1n) is 7.29. The van der Waals surface area contributed by atoms with E-state index in [1.165, 1.54) is 12.1 Å². The van der Waals surface area contributed by atoms with Crippen LogP contribution in [-0.4, -0.2) is 31.1 Å². The molecule has 160 valence electrons. The number of carbonyl (C=O) groups is 1. The van der Waals surface area contributed by atoms with Crippen LogP contribution in [0.2, 0.25) is 0 Å². The minimum absolute atomic E-state index is 0.215. The normalized spacial score (nSPS) is 8.76. The van der Waals surface area contributed by atoms with Crippen LogP contribution in [0.1, 0.15) is 18.1 Å². The number of phenolic OH excluding ortho intramolecular Hbond substituents is 2. The zero-order chi connectivity index (χ0) is 23.3. The fourth-order valence-corrected chi connectivity index (χ4v) is 2.09. The van der Waals surface area contributed by atoms with Crippen LogP contribution in [0.25, 0.3) is 0 Å². The Balaban J connectivity index is 0. The van der Waals surface area contributed by atoms with E-state index in [4.69, 9.17) is 20.1 Å². The lowest BCUT2D eigenvalue weighted by molar-refractivity contribution is -0.386. The number of para-hydroxylation sites is 1. The summed E-state index contributed by atoms with van der Waals surface area (Å²) in [6.07, 6.45) is 0. The Kier molecular flexibility index (Phi) is 14.7. The highest BCUT2D eigenvalue weighted by Gasteiger charge is 2.18. The number of nitrogens with zero attached hydrogens (tertiary/aromatic N) is 2. The van der Waals surface area contributed by atoms with Crippen LogP contribution in [0.4, 0.5) is 11.4 Å². The molecule has 0 atom stereocenters. The zero-order valence-corrected chi connectivity index (χ0v) is 20.1. The van der Waals surface area contributed by atoms with E-state index in [-0.39, 0.29) is 22.9 Å². The molecular weight excluding hydrogens is 588 g/mol. The fourth-order valence-electron chi connectivity index (χ4n) is 1.77.